The average molecular weight is 267 g/mol. The lowest BCUT2D eigenvalue weighted by Gasteiger charge is -2.11. The van der Waals surface area contributed by atoms with Crippen molar-refractivity contribution in [1.29, 1.82) is 0 Å². The van der Waals surface area contributed by atoms with Crippen LogP contribution in [0.5, 0.6) is 0 Å². The van der Waals surface area contributed by atoms with Crippen molar-refractivity contribution in [1.82, 2.24) is 15.1 Å². The van der Waals surface area contributed by atoms with Crippen LogP contribution in [0.25, 0.3) is 0 Å². The van der Waals surface area contributed by atoms with Gasteiger partial charge in [0.15, 0.2) is 0 Å². The molecule has 8 nitrogen and oxygen atoms in total. The number of aromatic nitrogens is 2. The van der Waals surface area contributed by atoms with Crippen LogP contribution in [0.1, 0.15) is 0 Å². The van der Waals surface area contributed by atoms with Crippen LogP contribution in [0, 0.1) is 5.92 Å². The maximum atomic E-state index is 11.9. The molecule has 1 aromatic heterocycles. The number of nitrogens with two attached hydrogens (primary N) is 1. The van der Waals surface area contributed by atoms with E-state index in [9.17, 15) is 9.59 Å². The van der Waals surface area contributed by atoms with E-state index in [1.54, 1.807) is 13.2 Å². The predicted octanol–water partition coefficient (Wildman–Crippen LogP) is -1.46. The highest BCUT2D eigenvalue weighted by Crippen LogP contribution is 2.14. The Kier molecular flexibility index (Phi) is 4.13. The van der Waals surface area contributed by atoms with Gasteiger partial charge in [-0.1, -0.05) is 0 Å². The molecule has 0 aliphatic carbocycles. The number of amides is 2. The van der Waals surface area contributed by atoms with Crippen LogP contribution in [0.3, 0.4) is 0 Å². The third-order valence-electron chi connectivity index (χ3n) is 2.95. The number of likely N-dealkylation sites (N-methyl/N-ethyl adjacent to an activating group) is 1. The number of hydrogen-bond acceptors (Lipinski definition) is 5. The molecule has 4 N–H and O–H groups in total. The lowest BCUT2D eigenvalue weighted by Crippen LogP contribution is -2.37. The molecule has 2 atom stereocenters. The Morgan fingerprint density at radius 3 is 3.00 bits per heavy atom. The van der Waals surface area contributed by atoms with Gasteiger partial charge in [-0.25, -0.2) is 0 Å². The van der Waals surface area contributed by atoms with Crippen molar-refractivity contribution in [2.24, 2.45) is 11.7 Å². The quantitative estimate of drug-likeness (QED) is 0.617. The predicted molar refractivity (Wildman–Crippen MR) is 67.2 cm³/mol. The summed E-state index contributed by atoms with van der Waals surface area (Å²) < 4.78 is 6.58. The maximum Gasteiger partial charge on any atom is 0.241 e. The van der Waals surface area contributed by atoms with E-state index in [0.717, 1.165) is 0 Å². The summed E-state index contributed by atoms with van der Waals surface area (Å²) in [6, 6.07) is -0.277. The van der Waals surface area contributed by atoms with Crippen molar-refractivity contribution in [2.45, 2.75) is 12.6 Å². The first kappa shape index (κ1) is 13.5. The Labute approximate surface area is 110 Å². The Bertz CT molecular complexity index is 473. The lowest BCUT2D eigenvalue weighted by atomic mass is 10.0. The van der Waals surface area contributed by atoms with Gasteiger partial charge in [-0.05, 0) is 0 Å². The van der Waals surface area contributed by atoms with E-state index in [0.29, 0.717) is 18.9 Å². The molecule has 2 unspecified atom stereocenters. The second kappa shape index (κ2) is 5.81. The van der Waals surface area contributed by atoms with Gasteiger partial charge in [-0.3, -0.25) is 14.3 Å². The molecule has 1 saturated heterocycles. The summed E-state index contributed by atoms with van der Waals surface area (Å²) in [7, 11) is 1.55. The Morgan fingerprint density at radius 2 is 2.37 bits per heavy atom. The number of nitrogens with one attached hydrogen (secondary N) is 2. The Morgan fingerprint density at radius 1 is 1.58 bits per heavy atom. The van der Waals surface area contributed by atoms with Crippen LogP contribution >= 0.6 is 0 Å². The fourth-order valence-electron chi connectivity index (χ4n) is 1.82. The van der Waals surface area contributed by atoms with E-state index in [4.69, 9.17) is 10.5 Å². The molecule has 1 aromatic rings. The summed E-state index contributed by atoms with van der Waals surface area (Å²) >= 11 is 0. The number of rotatable bonds is 4. The molecule has 0 saturated carbocycles. The highest BCUT2D eigenvalue weighted by atomic mass is 16.5. The molecular weight excluding hydrogens is 250 g/mol. The molecule has 2 amide bonds. The van der Waals surface area contributed by atoms with E-state index in [1.807, 2.05) is 0 Å². The van der Waals surface area contributed by atoms with Crippen LogP contribution in [-0.4, -0.2) is 47.9 Å². The van der Waals surface area contributed by atoms with Crippen molar-refractivity contribution in [3.8, 4) is 0 Å². The maximum absolute atomic E-state index is 11.9. The SMILES string of the molecule is CNC(=O)Cn1cc(NC(=O)C2COCC2N)cn1. The number of ether oxygens (including phenoxy) is 1. The van der Waals surface area contributed by atoms with Gasteiger partial charge in [0.05, 0.1) is 31.0 Å². The molecule has 2 rings (SSSR count). The van der Waals surface area contributed by atoms with E-state index in [2.05, 4.69) is 15.7 Å². The minimum absolute atomic E-state index is 0.110. The number of carbonyl (C=O) groups is 2. The molecule has 1 aliphatic heterocycles. The Hall–Kier alpha value is -1.93. The van der Waals surface area contributed by atoms with E-state index < -0.39 is 0 Å². The molecule has 2 heterocycles. The van der Waals surface area contributed by atoms with Crippen LogP contribution in [-0.2, 0) is 20.9 Å². The first-order chi connectivity index (χ1) is 9.10. The lowest BCUT2D eigenvalue weighted by molar-refractivity contribution is -0.121. The zero-order valence-corrected chi connectivity index (χ0v) is 10.6. The highest BCUT2D eigenvalue weighted by molar-refractivity contribution is 5.93. The number of carbonyl (C=O) groups excluding carboxylic acids is 2. The summed E-state index contributed by atoms with van der Waals surface area (Å²) in [4.78, 5) is 23.1. The summed E-state index contributed by atoms with van der Waals surface area (Å²) in [6.45, 7) is 0.839. The van der Waals surface area contributed by atoms with Gasteiger partial charge >= 0.3 is 0 Å². The zero-order valence-electron chi connectivity index (χ0n) is 10.6. The first-order valence-corrected chi connectivity index (χ1v) is 5.97. The molecule has 1 fully saturated rings. The monoisotopic (exact) mass is 267 g/mol. The van der Waals surface area contributed by atoms with Crippen molar-refractivity contribution in [3.05, 3.63) is 12.4 Å². The van der Waals surface area contributed by atoms with E-state index >= 15 is 0 Å². The minimum atomic E-state index is -0.345. The van der Waals surface area contributed by atoms with Crippen molar-refractivity contribution >= 4 is 17.5 Å². The standard InChI is InChI=1S/C11H17N5O3/c1-13-10(17)4-16-3-7(2-14-16)15-11(18)8-5-19-6-9(8)12/h2-3,8-9H,4-6,12H2,1H3,(H,13,17)(H,15,18). The second-order valence-electron chi connectivity index (χ2n) is 4.40. The second-order valence-corrected chi connectivity index (χ2v) is 4.40. The molecule has 0 bridgehead atoms. The number of anilines is 1. The first-order valence-electron chi connectivity index (χ1n) is 5.97. The zero-order chi connectivity index (χ0) is 13.8. The average Bonchev–Trinajstić information content (AvgIpc) is 2.98. The topological polar surface area (TPSA) is 111 Å². The highest BCUT2D eigenvalue weighted by Gasteiger charge is 2.31. The summed E-state index contributed by atoms with van der Waals surface area (Å²) in [6.07, 6.45) is 3.08. The van der Waals surface area contributed by atoms with Crippen molar-refractivity contribution in [2.75, 3.05) is 25.6 Å². The van der Waals surface area contributed by atoms with Crippen LogP contribution in [0.15, 0.2) is 12.4 Å². The molecule has 0 radical (unpaired) electrons. The van der Waals surface area contributed by atoms with E-state index in [-0.39, 0.29) is 30.3 Å². The third-order valence-corrected chi connectivity index (χ3v) is 2.95. The molecule has 8 heteroatoms. The summed E-state index contributed by atoms with van der Waals surface area (Å²) in [5.74, 6) is -0.695. The van der Waals surface area contributed by atoms with Gasteiger partial charge in [-0.2, -0.15) is 5.10 Å². The molecule has 0 spiro atoms. The smallest absolute Gasteiger partial charge is 0.241 e. The molecule has 104 valence electrons. The molecular formula is C11H17N5O3. The third kappa shape index (κ3) is 3.30. The van der Waals surface area contributed by atoms with Gasteiger partial charge < -0.3 is 21.1 Å². The van der Waals surface area contributed by atoms with Crippen LogP contribution in [0.4, 0.5) is 5.69 Å². The fraction of sp³-hybridized carbons (Fsp3) is 0.545. The summed E-state index contributed by atoms with van der Waals surface area (Å²) in [5.41, 5.74) is 6.30. The number of nitrogens with zero attached hydrogens (tertiary/aromatic N) is 2. The molecule has 0 aromatic carbocycles. The van der Waals surface area contributed by atoms with Gasteiger partial charge in [0.2, 0.25) is 11.8 Å². The fourth-order valence-corrected chi connectivity index (χ4v) is 1.82. The largest absolute Gasteiger partial charge is 0.379 e. The normalized spacial score (nSPS) is 22.2. The van der Waals surface area contributed by atoms with Crippen LogP contribution < -0.4 is 16.4 Å². The van der Waals surface area contributed by atoms with Gasteiger partial charge in [0, 0.05) is 19.3 Å². The summed E-state index contributed by atoms with van der Waals surface area (Å²) in [5, 5.41) is 9.19. The Balaban J connectivity index is 1.92. The van der Waals surface area contributed by atoms with Crippen molar-refractivity contribution < 1.29 is 14.3 Å². The van der Waals surface area contributed by atoms with Gasteiger partial charge in [0.1, 0.15) is 6.54 Å². The van der Waals surface area contributed by atoms with Crippen molar-refractivity contribution in [3.63, 3.8) is 0 Å². The van der Waals surface area contributed by atoms with E-state index in [1.165, 1.54) is 10.9 Å². The van der Waals surface area contributed by atoms with Gasteiger partial charge in [0.25, 0.3) is 0 Å². The minimum Gasteiger partial charge on any atom is -0.379 e. The number of hydrogen-bond donors (Lipinski definition) is 3. The van der Waals surface area contributed by atoms with Crippen LogP contribution in [0.2, 0.25) is 0 Å². The molecule has 1 aliphatic rings. The molecule has 19 heavy (non-hydrogen) atoms. The van der Waals surface area contributed by atoms with Gasteiger partial charge in [-0.15, -0.1) is 0 Å².